The van der Waals surface area contributed by atoms with Gasteiger partial charge in [0, 0.05) is 5.56 Å². The van der Waals surface area contributed by atoms with Crippen molar-refractivity contribution in [1.29, 1.82) is 0 Å². The molecule has 7 heteroatoms. The third kappa shape index (κ3) is 3.99. The maximum atomic E-state index is 13.7. The number of hydrogen-bond acceptors (Lipinski definition) is 5. The van der Waals surface area contributed by atoms with E-state index in [0.29, 0.717) is 22.1 Å². The summed E-state index contributed by atoms with van der Waals surface area (Å²) in [6, 6.07) is 20.8. The van der Waals surface area contributed by atoms with Crippen LogP contribution in [0, 0.1) is 13.8 Å². The molecule has 0 atom stereocenters. The largest absolute Gasteiger partial charge is 0.497 e. The molecule has 0 spiro atoms. The summed E-state index contributed by atoms with van der Waals surface area (Å²) < 4.78 is 39.4. The summed E-state index contributed by atoms with van der Waals surface area (Å²) in [5.41, 5.74) is 1.68. The van der Waals surface area contributed by atoms with Crippen molar-refractivity contribution in [2.75, 3.05) is 11.4 Å². The summed E-state index contributed by atoms with van der Waals surface area (Å²) in [6.45, 7) is 3.66. The molecule has 3 aromatic carbocycles. The van der Waals surface area contributed by atoms with Crippen molar-refractivity contribution < 1.29 is 17.6 Å². The van der Waals surface area contributed by atoms with Crippen molar-refractivity contribution in [2.24, 2.45) is 0 Å². The lowest BCUT2D eigenvalue weighted by molar-refractivity contribution is 0.414. The van der Waals surface area contributed by atoms with Crippen LogP contribution in [0.2, 0.25) is 0 Å². The number of ether oxygens (including phenoxy) is 1. The second-order valence-electron chi connectivity index (χ2n) is 7.54. The molecule has 0 N–H and O–H groups in total. The number of aryl methyl sites for hydroxylation is 2. The van der Waals surface area contributed by atoms with Crippen molar-refractivity contribution in [2.45, 2.75) is 25.3 Å². The van der Waals surface area contributed by atoms with E-state index in [9.17, 15) is 13.2 Å². The van der Waals surface area contributed by atoms with Gasteiger partial charge < -0.3 is 9.15 Å². The molecule has 0 aliphatic carbocycles. The predicted molar refractivity (Wildman–Crippen MR) is 125 cm³/mol. The first-order valence-electron chi connectivity index (χ1n) is 10.1. The zero-order valence-electron chi connectivity index (χ0n) is 18.0. The molecule has 0 fully saturated rings. The van der Waals surface area contributed by atoms with Gasteiger partial charge in [0.2, 0.25) is 5.88 Å². The average Bonchev–Trinajstić information content (AvgIpc) is 2.80. The lowest BCUT2D eigenvalue weighted by Gasteiger charge is -2.25. The first-order chi connectivity index (χ1) is 15.3. The summed E-state index contributed by atoms with van der Waals surface area (Å²) in [7, 11) is -2.53. The summed E-state index contributed by atoms with van der Waals surface area (Å²) >= 11 is 0. The number of anilines is 1. The Morgan fingerprint density at radius 3 is 2.25 bits per heavy atom. The molecular formula is C25H23NO5S. The SMILES string of the molecule is COc1ccc(S(=O)(=O)N(Cc2ccccc2)c2oc(=O)c3cc(C)ccc3c2C)cc1. The lowest BCUT2D eigenvalue weighted by Crippen LogP contribution is -2.32. The van der Waals surface area contributed by atoms with Gasteiger partial charge in [-0.25, -0.2) is 17.5 Å². The van der Waals surface area contributed by atoms with E-state index in [0.717, 1.165) is 15.4 Å². The Morgan fingerprint density at radius 1 is 0.906 bits per heavy atom. The van der Waals surface area contributed by atoms with Crippen LogP contribution in [0.1, 0.15) is 16.7 Å². The van der Waals surface area contributed by atoms with Crippen LogP contribution in [0.4, 0.5) is 5.88 Å². The Hall–Kier alpha value is -3.58. The fourth-order valence-corrected chi connectivity index (χ4v) is 5.06. The van der Waals surface area contributed by atoms with E-state index < -0.39 is 15.6 Å². The van der Waals surface area contributed by atoms with E-state index in [1.165, 1.54) is 19.2 Å². The molecule has 0 amide bonds. The highest BCUT2D eigenvalue weighted by Gasteiger charge is 2.30. The third-order valence-electron chi connectivity index (χ3n) is 5.35. The number of fused-ring (bicyclic) bond motifs is 1. The van der Waals surface area contributed by atoms with E-state index in [1.54, 1.807) is 25.1 Å². The smallest absolute Gasteiger partial charge is 0.345 e. The van der Waals surface area contributed by atoms with Gasteiger partial charge >= 0.3 is 5.63 Å². The second-order valence-corrected chi connectivity index (χ2v) is 9.40. The summed E-state index contributed by atoms with van der Waals surface area (Å²) in [5.74, 6) is 0.549. The molecule has 0 saturated heterocycles. The van der Waals surface area contributed by atoms with E-state index in [1.807, 2.05) is 49.4 Å². The number of methoxy groups -OCH3 is 1. The van der Waals surface area contributed by atoms with Crippen LogP contribution in [0.25, 0.3) is 10.8 Å². The first kappa shape index (κ1) is 21.6. The van der Waals surface area contributed by atoms with Gasteiger partial charge in [-0.1, -0.05) is 48.0 Å². The van der Waals surface area contributed by atoms with Crippen LogP contribution in [-0.2, 0) is 16.6 Å². The minimum Gasteiger partial charge on any atom is -0.497 e. The van der Waals surface area contributed by atoms with Gasteiger partial charge in [0.15, 0.2) is 0 Å². The highest BCUT2D eigenvalue weighted by molar-refractivity contribution is 7.92. The lowest BCUT2D eigenvalue weighted by atomic mass is 10.1. The fraction of sp³-hybridized carbons (Fsp3) is 0.160. The minimum absolute atomic E-state index is 0.00558. The van der Waals surface area contributed by atoms with Crippen LogP contribution in [0.15, 0.2) is 86.9 Å². The van der Waals surface area contributed by atoms with Crippen LogP contribution in [-0.4, -0.2) is 15.5 Å². The molecule has 0 bridgehead atoms. The normalized spacial score (nSPS) is 11.5. The maximum absolute atomic E-state index is 13.7. The topological polar surface area (TPSA) is 76.8 Å². The number of sulfonamides is 1. The molecule has 1 heterocycles. The zero-order chi connectivity index (χ0) is 22.9. The van der Waals surface area contributed by atoms with Crippen molar-refractivity contribution in [1.82, 2.24) is 0 Å². The van der Waals surface area contributed by atoms with Crippen LogP contribution >= 0.6 is 0 Å². The molecule has 0 saturated carbocycles. The van der Waals surface area contributed by atoms with E-state index >= 15 is 0 Å². The molecule has 4 aromatic rings. The van der Waals surface area contributed by atoms with E-state index in [2.05, 4.69) is 0 Å². The Kier molecular flexibility index (Phi) is 5.76. The zero-order valence-corrected chi connectivity index (χ0v) is 18.8. The van der Waals surface area contributed by atoms with Gasteiger partial charge in [0.25, 0.3) is 10.0 Å². The number of rotatable bonds is 6. The van der Waals surface area contributed by atoms with Gasteiger partial charge in [0.1, 0.15) is 5.75 Å². The molecule has 1 aromatic heterocycles. The molecule has 0 aliphatic rings. The van der Waals surface area contributed by atoms with E-state index in [-0.39, 0.29) is 17.3 Å². The molecular weight excluding hydrogens is 426 g/mol. The van der Waals surface area contributed by atoms with Gasteiger partial charge in [-0.3, -0.25) is 0 Å². The second kappa shape index (κ2) is 8.51. The molecule has 0 unspecified atom stereocenters. The van der Waals surface area contributed by atoms with Gasteiger partial charge in [0.05, 0.1) is 23.9 Å². The number of benzene rings is 3. The number of nitrogens with zero attached hydrogens (tertiary/aromatic N) is 1. The molecule has 0 radical (unpaired) electrons. The monoisotopic (exact) mass is 449 g/mol. The highest BCUT2D eigenvalue weighted by Crippen LogP contribution is 2.32. The Labute approximate surface area is 186 Å². The average molecular weight is 450 g/mol. The summed E-state index contributed by atoms with van der Waals surface area (Å²) in [4.78, 5) is 12.9. The highest BCUT2D eigenvalue weighted by atomic mass is 32.2. The standard InChI is InChI=1S/C25H23NO5S/c1-17-9-14-22-18(2)24(31-25(27)23(22)15-17)26(16-19-7-5-4-6-8-19)32(28,29)21-12-10-20(30-3)11-13-21/h4-15H,16H2,1-3H3. The molecule has 6 nitrogen and oxygen atoms in total. The fourth-order valence-electron chi connectivity index (χ4n) is 3.62. The molecule has 164 valence electrons. The van der Waals surface area contributed by atoms with Gasteiger partial charge in [-0.15, -0.1) is 0 Å². The predicted octanol–water partition coefficient (Wildman–Crippen LogP) is 4.81. The molecule has 32 heavy (non-hydrogen) atoms. The Balaban J connectivity index is 1.93. The van der Waals surface area contributed by atoms with Crippen molar-refractivity contribution in [3.8, 4) is 5.75 Å². The molecule has 0 aliphatic heterocycles. The summed E-state index contributed by atoms with van der Waals surface area (Å²) in [6.07, 6.45) is 0. The van der Waals surface area contributed by atoms with Gasteiger partial charge in [-0.05, 0) is 55.1 Å². The van der Waals surface area contributed by atoms with Crippen molar-refractivity contribution >= 4 is 26.7 Å². The summed E-state index contributed by atoms with van der Waals surface area (Å²) in [5, 5.41) is 1.08. The minimum atomic E-state index is -4.05. The van der Waals surface area contributed by atoms with Crippen LogP contribution in [0.3, 0.4) is 0 Å². The maximum Gasteiger partial charge on any atom is 0.345 e. The Morgan fingerprint density at radius 2 is 1.59 bits per heavy atom. The number of hydrogen-bond donors (Lipinski definition) is 0. The first-order valence-corrected chi connectivity index (χ1v) is 11.5. The van der Waals surface area contributed by atoms with Crippen molar-refractivity contribution in [3.63, 3.8) is 0 Å². The van der Waals surface area contributed by atoms with Crippen molar-refractivity contribution in [3.05, 3.63) is 99.9 Å². The Bertz CT molecular complexity index is 1430. The van der Waals surface area contributed by atoms with Crippen LogP contribution in [0.5, 0.6) is 5.75 Å². The molecule has 4 rings (SSSR count). The quantitative estimate of drug-likeness (QED) is 0.422. The van der Waals surface area contributed by atoms with Crippen LogP contribution < -0.4 is 14.7 Å². The van der Waals surface area contributed by atoms with E-state index in [4.69, 9.17) is 9.15 Å². The van der Waals surface area contributed by atoms with Gasteiger partial charge in [-0.2, -0.15) is 0 Å². The third-order valence-corrected chi connectivity index (χ3v) is 7.10.